The van der Waals surface area contributed by atoms with Gasteiger partial charge in [-0.3, -0.25) is 0 Å². The number of allylic oxidation sites excluding steroid dienone is 1. The highest BCUT2D eigenvalue weighted by Crippen LogP contribution is 2.47. The van der Waals surface area contributed by atoms with Crippen LogP contribution in [0.3, 0.4) is 0 Å². The molecule has 0 saturated carbocycles. The summed E-state index contributed by atoms with van der Waals surface area (Å²) in [6.45, 7) is 8.70. The molecule has 0 aromatic heterocycles. The lowest BCUT2D eigenvalue weighted by molar-refractivity contribution is 0.552. The second-order valence-corrected chi connectivity index (χ2v) is 4.21. The van der Waals surface area contributed by atoms with Gasteiger partial charge in [-0.15, -0.1) is 0 Å². The number of likely N-dealkylation sites (N-methyl/N-ethyl adjacent to an activating group) is 1. The third-order valence-corrected chi connectivity index (χ3v) is 3.61. The molecule has 1 aromatic carbocycles. The lowest BCUT2D eigenvalue weighted by Gasteiger charge is -2.25. The Balaban J connectivity index is 2.65. The summed E-state index contributed by atoms with van der Waals surface area (Å²) in [5.41, 5.74) is 4.06. The molecule has 1 heterocycles. The van der Waals surface area contributed by atoms with E-state index in [-0.39, 0.29) is 5.41 Å². The van der Waals surface area contributed by atoms with Crippen molar-refractivity contribution in [1.82, 2.24) is 0 Å². The molecule has 0 saturated heterocycles. The SMILES string of the molecule is C=C1N(C)c2ccccc2C1(C)CC. The van der Waals surface area contributed by atoms with Crippen LogP contribution >= 0.6 is 0 Å². The average molecular weight is 187 g/mol. The van der Waals surface area contributed by atoms with E-state index in [4.69, 9.17) is 0 Å². The molecule has 74 valence electrons. The van der Waals surface area contributed by atoms with Crippen molar-refractivity contribution < 1.29 is 0 Å². The van der Waals surface area contributed by atoms with E-state index in [1.54, 1.807) is 0 Å². The fourth-order valence-corrected chi connectivity index (χ4v) is 2.30. The van der Waals surface area contributed by atoms with Crippen molar-refractivity contribution in [2.24, 2.45) is 0 Å². The first kappa shape index (κ1) is 9.32. The van der Waals surface area contributed by atoms with Gasteiger partial charge in [0.05, 0.1) is 0 Å². The molecule has 0 aliphatic carbocycles. The standard InChI is InChI=1S/C13H17N/c1-5-13(3)10(2)14(4)12-9-7-6-8-11(12)13/h6-9H,2,5H2,1,3-4H3. The molecule has 0 N–H and O–H groups in total. The summed E-state index contributed by atoms with van der Waals surface area (Å²) in [7, 11) is 2.10. The van der Waals surface area contributed by atoms with Gasteiger partial charge < -0.3 is 4.90 Å². The minimum absolute atomic E-state index is 0.130. The predicted octanol–water partition coefficient (Wildman–Crippen LogP) is 3.32. The van der Waals surface area contributed by atoms with Crippen LogP contribution in [0.15, 0.2) is 36.5 Å². The minimum Gasteiger partial charge on any atom is -0.348 e. The fourth-order valence-electron chi connectivity index (χ4n) is 2.30. The third kappa shape index (κ3) is 0.955. The zero-order chi connectivity index (χ0) is 10.3. The highest BCUT2D eigenvalue weighted by molar-refractivity contribution is 5.69. The van der Waals surface area contributed by atoms with Crippen LogP contribution in [0.5, 0.6) is 0 Å². The summed E-state index contributed by atoms with van der Waals surface area (Å²) in [6, 6.07) is 8.58. The van der Waals surface area contributed by atoms with Crippen molar-refractivity contribution in [1.29, 1.82) is 0 Å². The normalized spacial score (nSPS) is 25.4. The average Bonchev–Trinajstić information content (AvgIpc) is 2.43. The molecule has 1 nitrogen and oxygen atoms in total. The Labute approximate surface area is 86.1 Å². The maximum absolute atomic E-state index is 4.20. The van der Waals surface area contributed by atoms with Gasteiger partial charge >= 0.3 is 0 Å². The molecular weight excluding hydrogens is 170 g/mol. The number of hydrogen-bond donors (Lipinski definition) is 0. The largest absolute Gasteiger partial charge is 0.348 e. The van der Waals surface area contributed by atoms with Crippen molar-refractivity contribution in [2.75, 3.05) is 11.9 Å². The lowest BCUT2D eigenvalue weighted by atomic mass is 9.80. The second kappa shape index (κ2) is 2.88. The molecule has 1 aliphatic heterocycles. The summed E-state index contributed by atoms with van der Waals surface area (Å²) >= 11 is 0. The van der Waals surface area contributed by atoms with E-state index >= 15 is 0 Å². The third-order valence-electron chi connectivity index (χ3n) is 3.61. The highest BCUT2D eigenvalue weighted by atomic mass is 15.2. The maximum atomic E-state index is 4.20. The first-order chi connectivity index (χ1) is 6.61. The molecule has 1 heteroatoms. The van der Waals surface area contributed by atoms with Gasteiger partial charge in [0, 0.05) is 23.8 Å². The molecule has 1 unspecified atom stereocenters. The van der Waals surface area contributed by atoms with Gasteiger partial charge in [-0.1, -0.05) is 31.7 Å². The van der Waals surface area contributed by atoms with E-state index in [0.717, 1.165) is 6.42 Å². The van der Waals surface area contributed by atoms with E-state index in [0.29, 0.717) is 0 Å². The van der Waals surface area contributed by atoms with Crippen molar-refractivity contribution in [3.05, 3.63) is 42.1 Å². The number of benzene rings is 1. The summed E-state index contributed by atoms with van der Waals surface area (Å²) < 4.78 is 0. The first-order valence-electron chi connectivity index (χ1n) is 5.14. The molecule has 0 spiro atoms. The maximum Gasteiger partial charge on any atom is 0.0447 e. The van der Waals surface area contributed by atoms with Gasteiger partial charge in [0.25, 0.3) is 0 Å². The molecular formula is C13H17N. The van der Waals surface area contributed by atoms with Crippen LogP contribution in [0.25, 0.3) is 0 Å². The number of para-hydroxylation sites is 1. The number of anilines is 1. The van der Waals surface area contributed by atoms with Crippen LogP contribution < -0.4 is 4.90 Å². The molecule has 0 bridgehead atoms. The second-order valence-electron chi connectivity index (χ2n) is 4.21. The van der Waals surface area contributed by atoms with Crippen LogP contribution in [0, 0.1) is 0 Å². The fraction of sp³-hybridized carbons (Fsp3) is 0.385. The van der Waals surface area contributed by atoms with Crippen molar-refractivity contribution in [3.63, 3.8) is 0 Å². The molecule has 1 aromatic rings. The molecule has 0 fully saturated rings. The van der Waals surface area contributed by atoms with Gasteiger partial charge in [-0.05, 0) is 25.0 Å². The van der Waals surface area contributed by atoms with Crippen LogP contribution in [0.4, 0.5) is 5.69 Å². The monoisotopic (exact) mass is 187 g/mol. The quantitative estimate of drug-likeness (QED) is 0.652. The Morgan fingerprint density at radius 3 is 2.64 bits per heavy atom. The Morgan fingerprint density at radius 2 is 2.00 bits per heavy atom. The predicted molar refractivity (Wildman–Crippen MR) is 61.6 cm³/mol. The van der Waals surface area contributed by atoms with E-state index < -0.39 is 0 Å². The smallest absolute Gasteiger partial charge is 0.0447 e. The Kier molecular flexibility index (Phi) is 1.91. The number of nitrogens with zero attached hydrogens (tertiary/aromatic N) is 1. The Morgan fingerprint density at radius 1 is 1.36 bits per heavy atom. The first-order valence-corrected chi connectivity index (χ1v) is 5.14. The van der Waals surface area contributed by atoms with Crippen LogP contribution in [0.1, 0.15) is 25.8 Å². The van der Waals surface area contributed by atoms with Crippen molar-refractivity contribution in [3.8, 4) is 0 Å². The molecule has 14 heavy (non-hydrogen) atoms. The molecule has 2 rings (SSSR count). The van der Waals surface area contributed by atoms with E-state index in [1.807, 2.05) is 0 Å². The number of fused-ring (bicyclic) bond motifs is 1. The van der Waals surface area contributed by atoms with Gasteiger partial charge in [-0.2, -0.15) is 0 Å². The van der Waals surface area contributed by atoms with Gasteiger partial charge in [-0.25, -0.2) is 0 Å². The minimum atomic E-state index is 0.130. The van der Waals surface area contributed by atoms with Crippen LogP contribution in [0.2, 0.25) is 0 Å². The van der Waals surface area contributed by atoms with Crippen LogP contribution in [-0.4, -0.2) is 7.05 Å². The molecule has 1 atom stereocenters. The number of rotatable bonds is 1. The summed E-state index contributed by atoms with van der Waals surface area (Å²) in [5, 5.41) is 0. The van der Waals surface area contributed by atoms with Gasteiger partial charge in [0.15, 0.2) is 0 Å². The van der Waals surface area contributed by atoms with Crippen molar-refractivity contribution in [2.45, 2.75) is 25.7 Å². The summed E-state index contributed by atoms with van der Waals surface area (Å²) in [6.07, 6.45) is 1.10. The Hall–Kier alpha value is -1.24. The van der Waals surface area contributed by atoms with E-state index in [2.05, 4.69) is 56.6 Å². The van der Waals surface area contributed by atoms with Crippen molar-refractivity contribution >= 4 is 5.69 Å². The lowest BCUT2D eigenvalue weighted by Crippen LogP contribution is -2.24. The number of hydrogen-bond acceptors (Lipinski definition) is 1. The van der Waals surface area contributed by atoms with Gasteiger partial charge in [0.1, 0.15) is 0 Å². The molecule has 0 radical (unpaired) electrons. The topological polar surface area (TPSA) is 3.24 Å². The van der Waals surface area contributed by atoms with Crippen LogP contribution in [-0.2, 0) is 5.41 Å². The molecule has 0 amide bonds. The van der Waals surface area contributed by atoms with E-state index in [1.165, 1.54) is 16.9 Å². The summed E-state index contributed by atoms with van der Waals surface area (Å²) in [4.78, 5) is 2.21. The summed E-state index contributed by atoms with van der Waals surface area (Å²) in [5.74, 6) is 0. The zero-order valence-corrected chi connectivity index (χ0v) is 9.17. The van der Waals surface area contributed by atoms with Gasteiger partial charge in [0.2, 0.25) is 0 Å². The molecule has 1 aliphatic rings. The Bertz CT molecular complexity index is 381. The highest BCUT2D eigenvalue weighted by Gasteiger charge is 2.39. The zero-order valence-electron chi connectivity index (χ0n) is 9.17. The van der Waals surface area contributed by atoms with E-state index in [9.17, 15) is 0 Å².